The summed E-state index contributed by atoms with van der Waals surface area (Å²) in [5.41, 5.74) is 5.56. The fraction of sp³-hybridized carbons (Fsp3) is 0.900. The Balaban J connectivity index is 2.70. The third-order valence-corrected chi connectivity index (χ3v) is 5.12. The van der Waals surface area contributed by atoms with Gasteiger partial charge in [0.05, 0.1) is 0 Å². The Bertz CT molecular complexity index is 363. The van der Waals surface area contributed by atoms with E-state index in [9.17, 15) is 13.2 Å². The summed E-state index contributed by atoms with van der Waals surface area (Å²) in [4.78, 5) is 10.7. The zero-order valence-electron chi connectivity index (χ0n) is 9.93. The Morgan fingerprint density at radius 2 is 2.00 bits per heavy atom. The predicted molar refractivity (Wildman–Crippen MR) is 64.0 cm³/mol. The van der Waals surface area contributed by atoms with E-state index in [0.29, 0.717) is 0 Å². The molecular weight excluding hydrogens is 244 g/mol. The number of hydrogen-bond acceptors (Lipinski definition) is 4. The van der Waals surface area contributed by atoms with Crippen molar-refractivity contribution in [2.45, 2.75) is 43.9 Å². The molecule has 1 aliphatic carbocycles. The molecule has 0 aromatic rings. The van der Waals surface area contributed by atoms with E-state index in [4.69, 9.17) is 10.8 Å². The molecule has 0 aromatic heterocycles. The SMILES string of the molecule is CC(C(=O)O)S(=O)(=O)NC(CN)C1CCCC1. The molecule has 7 heteroatoms. The van der Waals surface area contributed by atoms with Gasteiger partial charge in [-0.25, -0.2) is 13.1 Å². The van der Waals surface area contributed by atoms with E-state index >= 15 is 0 Å². The third-order valence-electron chi connectivity index (χ3n) is 3.35. The first kappa shape index (κ1) is 14.4. The van der Waals surface area contributed by atoms with Crippen LogP contribution in [-0.2, 0) is 14.8 Å². The van der Waals surface area contributed by atoms with Crippen molar-refractivity contribution in [2.75, 3.05) is 6.54 Å². The largest absolute Gasteiger partial charge is 0.480 e. The maximum Gasteiger partial charge on any atom is 0.323 e. The molecule has 1 saturated carbocycles. The van der Waals surface area contributed by atoms with E-state index in [-0.39, 0.29) is 18.5 Å². The average molecular weight is 264 g/mol. The van der Waals surface area contributed by atoms with Crippen molar-refractivity contribution in [1.82, 2.24) is 4.72 Å². The highest BCUT2D eigenvalue weighted by molar-refractivity contribution is 7.90. The topological polar surface area (TPSA) is 109 Å². The Hall–Kier alpha value is -0.660. The lowest BCUT2D eigenvalue weighted by Crippen LogP contribution is -2.48. The van der Waals surface area contributed by atoms with Crippen LogP contribution in [0.2, 0.25) is 0 Å². The van der Waals surface area contributed by atoms with E-state index in [0.717, 1.165) is 32.6 Å². The molecule has 1 fully saturated rings. The van der Waals surface area contributed by atoms with Gasteiger partial charge in [0.25, 0.3) is 0 Å². The van der Waals surface area contributed by atoms with Crippen molar-refractivity contribution in [3.8, 4) is 0 Å². The fourth-order valence-corrected chi connectivity index (χ4v) is 3.32. The fourth-order valence-electron chi connectivity index (χ4n) is 2.14. The second-order valence-electron chi connectivity index (χ2n) is 4.53. The predicted octanol–water partition coefficient (Wildman–Crippen LogP) is -0.104. The lowest BCUT2D eigenvalue weighted by Gasteiger charge is -2.24. The van der Waals surface area contributed by atoms with E-state index in [1.54, 1.807) is 0 Å². The highest BCUT2D eigenvalue weighted by Gasteiger charge is 2.33. The smallest absolute Gasteiger partial charge is 0.323 e. The molecule has 0 aliphatic heterocycles. The highest BCUT2D eigenvalue weighted by Crippen LogP contribution is 2.27. The lowest BCUT2D eigenvalue weighted by atomic mass is 9.99. The number of nitrogens with two attached hydrogens (primary N) is 1. The van der Waals surface area contributed by atoms with Gasteiger partial charge in [0.2, 0.25) is 10.0 Å². The number of carbonyl (C=O) groups is 1. The molecule has 0 saturated heterocycles. The van der Waals surface area contributed by atoms with Gasteiger partial charge >= 0.3 is 5.97 Å². The first-order chi connectivity index (χ1) is 7.88. The number of sulfonamides is 1. The van der Waals surface area contributed by atoms with Crippen molar-refractivity contribution < 1.29 is 18.3 Å². The Kier molecular flexibility index (Phi) is 4.91. The van der Waals surface area contributed by atoms with Crippen LogP contribution in [0.15, 0.2) is 0 Å². The van der Waals surface area contributed by atoms with Crippen LogP contribution in [0.1, 0.15) is 32.6 Å². The second kappa shape index (κ2) is 5.79. The zero-order valence-corrected chi connectivity index (χ0v) is 10.7. The van der Waals surface area contributed by atoms with Gasteiger partial charge < -0.3 is 10.8 Å². The molecule has 2 atom stereocenters. The summed E-state index contributed by atoms with van der Waals surface area (Å²) in [6, 6.07) is -0.343. The van der Waals surface area contributed by atoms with Gasteiger partial charge in [0, 0.05) is 12.6 Å². The van der Waals surface area contributed by atoms with Crippen LogP contribution in [0.5, 0.6) is 0 Å². The van der Waals surface area contributed by atoms with Crippen LogP contribution in [0, 0.1) is 5.92 Å². The van der Waals surface area contributed by atoms with E-state index in [2.05, 4.69) is 4.72 Å². The number of carboxylic acid groups (broad SMARTS) is 1. The van der Waals surface area contributed by atoms with Crippen molar-refractivity contribution in [2.24, 2.45) is 11.7 Å². The van der Waals surface area contributed by atoms with Crippen LogP contribution in [0.25, 0.3) is 0 Å². The minimum Gasteiger partial charge on any atom is -0.480 e. The number of aliphatic carboxylic acids is 1. The summed E-state index contributed by atoms with van der Waals surface area (Å²) in [7, 11) is -3.84. The molecule has 4 N–H and O–H groups in total. The quantitative estimate of drug-likeness (QED) is 0.620. The van der Waals surface area contributed by atoms with Crippen molar-refractivity contribution >= 4 is 16.0 Å². The van der Waals surface area contributed by atoms with Gasteiger partial charge in [0.1, 0.15) is 0 Å². The van der Waals surface area contributed by atoms with E-state index < -0.39 is 21.2 Å². The van der Waals surface area contributed by atoms with Gasteiger partial charge in [-0.3, -0.25) is 4.79 Å². The number of nitrogens with one attached hydrogen (secondary N) is 1. The van der Waals surface area contributed by atoms with Gasteiger partial charge in [-0.2, -0.15) is 0 Å². The molecule has 0 spiro atoms. The summed E-state index contributed by atoms with van der Waals surface area (Å²) >= 11 is 0. The molecule has 6 nitrogen and oxygen atoms in total. The van der Waals surface area contributed by atoms with Crippen LogP contribution >= 0.6 is 0 Å². The summed E-state index contributed by atoms with van der Waals surface area (Å²) in [5.74, 6) is -1.12. The summed E-state index contributed by atoms with van der Waals surface area (Å²) in [5, 5.41) is 7.27. The minimum atomic E-state index is -3.84. The molecule has 2 unspecified atom stereocenters. The molecular formula is C10H20N2O4S. The second-order valence-corrected chi connectivity index (χ2v) is 6.56. The maximum atomic E-state index is 11.8. The van der Waals surface area contributed by atoms with Gasteiger partial charge in [0.15, 0.2) is 5.25 Å². The van der Waals surface area contributed by atoms with Crippen LogP contribution in [-0.4, -0.2) is 37.3 Å². The summed E-state index contributed by atoms with van der Waals surface area (Å²) < 4.78 is 25.9. The Morgan fingerprint density at radius 1 is 1.47 bits per heavy atom. The normalized spacial score (nSPS) is 21.3. The average Bonchev–Trinajstić information content (AvgIpc) is 2.78. The molecule has 0 radical (unpaired) electrons. The Labute approximate surface area is 102 Å². The number of rotatable bonds is 6. The van der Waals surface area contributed by atoms with Crippen LogP contribution in [0.4, 0.5) is 0 Å². The Morgan fingerprint density at radius 3 is 2.41 bits per heavy atom. The molecule has 0 aromatic carbocycles. The molecule has 0 amide bonds. The first-order valence-electron chi connectivity index (χ1n) is 5.82. The molecule has 0 heterocycles. The van der Waals surface area contributed by atoms with Crippen LogP contribution in [0.3, 0.4) is 0 Å². The zero-order chi connectivity index (χ0) is 13.1. The number of hydrogen-bond donors (Lipinski definition) is 3. The third kappa shape index (κ3) is 3.65. The van der Waals surface area contributed by atoms with Crippen molar-refractivity contribution in [3.63, 3.8) is 0 Å². The van der Waals surface area contributed by atoms with Gasteiger partial charge in [-0.1, -0.05) is 12.8 Å². The maximum absolute atomic E-state index is 11.8. The molecule has 1 rings (SSSR count). The van der Waals surface area contributed by atoms with Gasteiger partial charge in [-0.15, -0.1) is 0 Å². The summed E-state index contributed by atoms with van der Waals surface area (Å²) in [6.07, 6.45) is 4.06. The molecule has 17 heavy (non-hydrogen) atoms. The molecule has 100 valence electrons. The van der Waals surface area contributed by atoms with E-state index in [1.807, 2.05) is 0 Å². The van der Waals surface area contributed by atoms with Crippen molar-refractivity contribution in [3.05, 3.63) is 0 Å². The van der Waals surface area contributed by atoms with E-state index in [1.165, 1.54) is 0 Å². The lowest BCUT2D eigenvalue weighted by molar-refractivity contribution is -0.136. The minimum absolute atomic E-state index is 0.205. The van der Waals surface area contributed by atoms with Crippen LogP contribution < -0.4 is 10.5 Å². The molecule has 0 bridgehead atoms. The molecule has 1 aliphatic rings. The summed E-state index contributed by atoms with van der Waals surface area (Å²) in [6.45, 7) is 1.36. The highest BCUT2D eigenvalue weighted by atomic mass is 32.2. The standard InChI is InChI=1S/C10H20N2O4S/c1-7(10(13)14)17(15,16)12-9(6-11)8-4-2-3-5-8/h7-9,12H,2-6,11H2,1H3,(H,13,14). The number of carboxylic acids is 1. The monoisotopic (exact) mass is 264 g/mol. The van der Waals surface area contributed by atoms with Crippen molar-refractivity contribution in [1.29, 1.82) is 0 Å². The van der Waals surface area contributed by atoms with Gasteiger partial charge in [-0.05, 0) is 25.7 Å². The first-order valence-corrected chi connectivity index (χ1v) is 7.37.